The highest BCUT2D eigenvalue weighted by Crippen LogP contribution is 2.38. The standard InChI is InChI=1S/C11H5Br2F3O2/c12-7-2-5-1-6(10(17)11(14,15)16)4-18-9(5)8(13)3-7/h2-4H,1H2. The quantitative estimate of drug-likeness (QED) is 0.725. The zero-order valence-electron chi connectivity index (χ0n) is 8.65. The number of alkyl halides is 3. The first kappa shape index (κ1) is 13.6. The van der Waals surface area contributed by atoms with Crippen molar-refractivity contribution in [1.29, 1.82) is 0 Å². The lowest BCUT2D eigenvalue weighted by atomic mass is 10.00. The molecule has 0 fully saturated rings. The fourth-order valence-electron chi connectivity index (χ4n) is 1.57. The van der Waals surface area contributed by atoms with Crippen molar-refractivity contribution < 1.29 is 22.7 Å². The second kappa shape index (κ2) is 4.70. The number of hydrogen-bond donors (Lipinski definition) is 0. The van der Waals surface area contributed by atoms with Crippen molar-refractivity contribution in [2.75, 3.05) is 0 Å². The SMILES string of the molecule is O=C(C1=COc2c(Br)cc(Br)cc2C1)C(F)(F)F. The number of benzene rings is 1. The summed E-state index contributed by atoms with van der Waals surface area (Å²) in [5.74, 6) is -1.44. The van der Waals surface area contributed by atoms with Gasteiger partial charge in [-0.25, -0.2) is 0 Å². The van der Waals surface area contributed by atoms with Gasteiger partial charge in [0.05, 0.1) is 10.7 Å². The molecule has 0 aromatic heterocycles. The largest absolute Gasteiger partial charge is 0.463 e. The highest BCUT2D eigenvalue weighted by molar-refractivity contribution is 9.11. The van der Waals surface area contributed by atoms with E-state index >= 15 is 0 Å². The van der Waals surface area contributed by atoms with Crippen LogP contribution in [0.4, 0.5) is 13.2 Å². The predicted octanol–water partition coefficient (Wildman–Crippen LogP) is 4.16. The Bertz CT molecular complexity index is 550. The molecule has 0 spiro atoms. The molecule has 7 heteroatoms. The molecule has 1 aromatic rings. The summed E-state index contributed by atoms with van der Waals surface area (Å²) in [6.07, 6.45) is -4.13. The van der Waals surface area contributed by atoms with Crippen LogP contribution in [0.15, 0.2) is 32.9 Å². The van der Waals surface area contributed by atoms with Gasteiger partial charge in [0.15, 0.2) is 0 Å². The predicted molar refractivity (Wildman–Crippen MR) is 65.3 cm³/mol. The molecule has 1 aliphatic rings. The fourth-order valence-corrected chi connectivity index (χ4v) is 2.98. The van der Waals surface area contributed by atoms with Crippen molar-refractivity contribution in [2.24, 2.45) is 0 Å². The monoisotopic (exact) mass is 384 g/mol. The lowest BCUT2D eigenvalue weighted by molar-refractivity contribution is -0.166. The number of allylic oxidation sites excluding steroid dienone is 1. The first-order valence-corrected chi connectivity index (χ1v) is 6.33. The molecule has 1 aromatic carbocycles. The Balaban J connectivity index is 2.34. The highest BCUT2D eigenvalue weighted by Gasteiger charge is 2.41. The normalized spacial score (nSPS) is 14.6. The summed E-state index contributed by atoms with van der Waals surface area (Å²) >= 11 is 6.46. The third-order valence-electron chi connectivity index (χ3n) is 2.33. The summed E-state index contributed by atoms with van der Waals surface area (Å²) in [5.41, 5.74) is 0.117. The molecule has 0 radical (unpaired) electrons. The molecular weight excluding hydrogens is 381 g/mol. The topological polar surface area (TPSA) is 26.3 Å². The van der Waals surface area contributed by atoms with Crippen LogP contribution in [0.1, 0.15) is 5.56 Å². The number of rotatable bonds is 1. The zero-order chi connectivity index (χ0) is 13.5. The Morgan fingerprint density at radius 2 is 1.94 bits per heavy atom. The van der Waals surface area contributed by atoms with Crippen molar-refractivity contribution in [3.05, 3.63) is 38.5 Å². The third-order valence-corrected chi connectivity index (χ3v) is 3.38. The minimum Gasteiger partial charge on any atom is -0.463 e. The van der Waals surface area contributed by atoms with Crippen molar-refractivity contribution in [3.8, 4) is 5.75 Å². The van der Waals surface area contributed by atoms with Crippen molar-refractivity contribution in [1.82, 2.24) is 0 Å². The molecule has 0 amide bonds. The molecule has 2 nitrogen and oxygen atoms in total. The van der Waals surface area contributed by atoms with Gasteiger partial charge in [-0.3, -0.25) is 4.79 Å². The van der Waals surface area contributed by atoms with Crippen molar-refractivity contribution in [2.45, 2.75) is 12.6 Å². The lowest BCUT2D eigenvalue weighted by Crippen LogP contribution is -2.27. The van der Waals surface area contributed by atoms with Crippen LogP contribution < -0.4 is 4.74 Å². The Hall–Kier alpha value is -0.820. The summed E-state index contributed by atoms with van der Waals surface area (Å²) in [7, 11) is 0. The molecule has 0 unspecified atom stereocenters. The van der Waals surface area contributed by atoms with Gasteiger partial charge in [-0.2, -0.15) is 13.2 Å². The van der Waals surface area contributed by atoms with E-state index < -0.39 is 17.5 Å². The lowest BCUT2D eigenvalue weighted by Gasteiger charge is -2.18. The molecule has 1 heterocycles. The smallest absolute Gasteiger partial charge is 0.454 e. The van der Waals surface area contributed by atoms with Crippen LogP contribution in [0.5, 0.6) is 5.75 Å². The maximum absolute atomic E-state index is 12.3. The van der Waals surface area contributed by atoms with Crippen LogP contribution >= 0.6 is 31.9 Å². The summed E-state index contributed by atoms with van der Waals surface area (Å²) < 4.78 is 43.3. The van der Waals surface area contributed by atoms with Gasteiger partial charge in [0.25, 0.3) is 5.78 Å². The van der Waals surface area contributed by atoms with Crippen LogP contribution in [0.25, 0.3) is 0 Å². The van der Waals surface area contributed by atoms with E-state index in [2.05, 4.69) is 31.9 Å². The highest BCUT2D eigenvalue weighted by atomic mass is 79.9. The molecule has 0 aliphatic carbocycles. The van der Waals surface area contributed by atoms with E-state index in [0.29, 0.717) is 20.3 Å². The van der Waals surface area contributed by atoms with E-state index in [9.17, 15) is 18.0 Å². The van der Waals surface area contributed by atoms with E-state index in [4.69, 9.17) is 4.74 Å². The van der Waals surface area contributed by atoms with Crippen molar-refractivity contribution in [3.63, 3.8) is 0 Å². The van der Waals surface area contributed by atoms with Crippen LogP contribution in [0.2, 0.25) is 0 Å². The number of hydrogen-bond acceptors (Lipinski definition) is 2. The Kier molecular flexibility index (Phi) is 3.55. The first-order chi connectivity index (χ1) is 8.29. The van der Waals surface area contributed by atoms with E-state index in [-0.39, 0.29) is 6.42 Å². The summed E-state index contributed by atoms with van der Waals surface area (Å²) in [4.78, 5) is 11.1. The maximum atomic E-state index is 12.3. The number of ether oxygens (including phenoxy) is 1. The van der Waals surface area contributed by atoms with Gasteiger partial charge in [-0.15, -0.1) is 0 Å². The van der Waals surface area contributed by atoms with Crippen LogP contribution in [0, 0.1) is 0 Å². The summed E-state index contributed by atoms with van der Waals surface area (Å²) in [6, 6.07) is 3.33. The minimum atomic E-state index is -4.88. The molecule has 18 heavy (non-hydrogen) atoms. The van der Waals surface area contributed by atoms with Gasteiger partial charge in [0.2, 0.25) is 0 Å². The zero-order valence-corrected chi connectivity index (χ0v) is 11.8. The van der Waals surface area contributed by atoms with Gasteiger partial charge in [0, 0.05) is 22.0 Å². The second-order valence-corrected chi connectivity index (χ2v) is 5.41. The fraction of sp³-hybridized carbons (Fsp3) is 0.182. The molecule has 0 saturated carbocycles. The molecule has 96 valence electrons. The van der Waals surface area contributed by atoms with E-state index in [0.717, 1.165) is 6.26 Å². The van der Waals surface area contributed by atoms with Crippen LogP contribution in [-0.4, -0.2) is 12.0 Å². The molecule has 0 atom stereocenters. The molecule has 0 saturated heterocycles. The van der Waals surface area contributed by atoms with Crippen LogP contribution in [0.3, 0.4) is 0 Å². The Morgan fingerprint density at radius 3 is 2.56 bits per heavy atom. The Labute approximate surface area is 117 Å². The van der Waals surface area contributed by atoms with E-state index in [1.165, 1.54) is 0 Å². The first-order valence-electron chi connectivity index (χ1n) is 4.74. The number of carbonyl (C=O) groups is 1. The van der Waals surface area contributed by atoms with Gasteiger partial charge in [-0.05, 0) is 28.1 Å². The van der Waals surface area contributed by atoms with Crippen molar-refractivity contribution >= 4 is 37.6 Å². The Morgan fingerprint density at radius 1 is 1.28 bits per heavy atom. The number of halogens is 5. The van der Waals surface area contributed by atoms with Crippen LogP contribution in [-0.2, 0) is 11.2 Å². The number of fused-ring (bicyclic) bond motifs is 1. The van der Waals surface area contributed by atoms with Gasteiger partial charge in [0.1, 0.15) is 5.75 Å². The van der Waals surface area contributed by atoms with Gasteiger partial charge >= 0.3 is 6.18 Å². The number of Topliss-reactive ketones (excluding diaryl/α,β-unsaturated/α-hetero) is 1. The third kappa shape index (κ3) is 2.61. The number of ketones is 1. The second-order valence-electron chi connectivity index (χ2n) is 3.64. The average molecular weight is 386 g/mol. The maximum Gasteiger partial charge on any atom is 0.454 e. The minimum absolute atomic E-state index is 0.105. The summed E-state index contributed by atoms with van der Waals surface area (Å²) in [6.45, 7) is 0. The van der Waals surface area contributed by atoms with Gasteiger partial charge in [-0.1, -0.05) is 15.9 Å². The van der Waals surface area contributed by atoms with E-state index in [1.54, 1.807) is 12.1 Å². The number of carbonyl (C=O) groups excluding carboxylic acids is 1. The van der Waals surface area contributed by atoms with Gasteiger partial charge < -0.3 is 4.74 Å². The molecule has 2 rings (SSSR count). The van der Waals surface area contributed by atoms with E-state index in [1.807, 2.05) is 0 Å². The summed E-state index contributed by atoms with van der Waals surface area (Å²) in [5, 5.41) is 0. The molecule has 0 N–H and O–H groups in total. The molecule has 1 aliphatic heterocycles. The molecule has 0 bridgehead atoms. The molecular formula is C11H5Br2F3O2. The average Bonchev–Trinajstić information content (AvgIpc) is 2.25.